The number of anilines is 2. The lowest BCUT2D eigenvalue weighted by Gasteiger charge is -2.38. The highest BCUT2D eigenvalue weighted by Gasteiger charge is 2.42. The number of nitrogens with one attached hydrogen (secondary N) is 1. The van der Waals surface area contributed by atoms with Crippen LogP contribution in [0.25, 0.3) is 0 Å². The first-order valence-corrected chi connectivity index (χ1v) is 8.63. The van der Waals surface area contributed by atoms with Crippen LogP contribution in [0.3, 0.4) is 0 Å². The molecule has 9 heteroatoms. The van der Waals surface area contributed by atoms with Gasteiger partial charge < -0.3 is 10.1 Å². The Kier molecular flexibility index (Phi) is 5.01. The van der Waals surface area contributed by atoms with Gasteiger partial charge in [0.05, 0.1) is 16.9 Å². The summed E-state index contributed by atoms with van der Waals surface area (Å²) in [5.74, 6) is -0.951. The monoisotopic (exact) mass is 412 g/mol. The van der Waals surface area contributed by atoms with Gasteiger partial charge in [0, 0.05) is 5.02 Å². The van der Waals surface area contributed by atoms with Crippen LogP contribution in [0.1, 0.15) is 19.4 Å². The molecule has 0 atom stereocenters. The highest BCUT2D eigenvalue weighted by atomic mass is 35.5. The van der Waals surface area contributed by atoms with Gasteiger partial charge in [-0.1, -0.05) is 23.7 Å². The Bertz CT molecular complexity index is 944. The molecule has 0 spiro atoms. The molecule has 28 heavy (non-hydrogen) atoms. The lowest BCUT2D eigenvalue weighted by Crippen LogP contribution is -2.54. The van der Waals surface area contributed by atoms with Crippen LogP contribution in [0.2, 0.25) is 5.02 Å². The van der Waals surface area contributed by atoms with Gasteiger partial charge in [-0.3, -0.25) is 14.5 Å². The Hall–Kier alpha value is -2.74. The standard InChI is InChI=1S/C19H16ClF3N2O3/c1-18(2)17(27)25(14-9-11(20)7-8-15(14)28-18)10-16(26)24-13-6-4-3-5-12(13)19(21,22)23/h3-9H,10H2,1-2H3,(H,24,26). The van der Waals surface area contributed by atoms with Crippen molar-refractivity contribution in [2.75, 3.05) is 16.8 Å². The van der Waals surface area contributed by atoms with Crippen molar-refractivity contribution in [3.05, 3.63) is 53.1 Å². The van der Waals surface area contributed by atoms with Crippen LogP contribution in [0.5, 0.6) is 5.75 Å². The molecule has 0 fully saturated rings. The Morgan fingerprint density at radius 1 is 1.21 bits per heavy atom. The molecule has 0 radical (unpaired) electrons. The van der Waals surface area contributed by atoms with Crippen molar-refractivity contribution in [2.45, 2.75) is 25.6 Å². The van der Waals surface area contributed by atoms with E-state index in [-0.39, 0.29) is 11.4 Å². The van der Waals surface area contributed by atoms with Gasteiger partial charge in [-0.05, 0) is 44.2 Å². The molecule has 0 unspecified atom stereocenters. The van der Waals surface area contributed by atoms with E-state index in [1.165, 1.54) is 32.0 Å². The third-order valence-corrected chi connectivity index (χ3v) is 4.38. The van der Waals surface area contributed by atoms with E-state index in [0.29, 0.717) is 10.8 Å². The number of carbonyl (C=O) groups is 2. The minimum atomic E-state index is -4.62. The second-order valence-corrected chi connectivity index (χ2v) is 7.14. The zero-order valence-corrected chi connectivity index (χ0v) is 15.7. The van der Waals surface area contributed by atoms with Crippen LogP contribution in [0.4, 0.5) is 24.5 Å². The quantitative estimate of drug-likeness (QED) is 0.807. The molecule has 0 saturated heterocycles. The maximum atomic E-state index is 13.1. The van der Waals surface area contributed by atoms with Crippen LogP contribution in [0, 0.1) is 0 Å². The minimum absolute atomic E-state index is 0.274. The Balaban J connectivity index is 1.89. The minimum Gasteiger partial charge on any atom is -0.476 e. The lowest BCUT2D eigenvalue weighted by atomic mass is 10.0. The number of nitrogens with zero attached hydrogens (tertiary/aromatic N) is 1. The molecular formula is C19H16ClF3N2O3. The Labute approximate surface area is 164 Å². The van der Waals surface area contributed by atoms with Crippen molar-refractivity contribution in [3.8, 4) is 5.75 Å². The number of ether oxygens (including phenoxy) is 1. The number of hydrogen-bond donors (Lipinski definition) is 1. The van der Waals surface area contributed by atoms with Gasteiger partial charge in [0.25, 0.3) is 5.91 Å². The van der Waals surface area contributed by atoms with E-state index in [4.69, 9.17) is 16.3 Å². The molecule has 1 aliphatic heterocycles. The fourth-order valence-electron chi connectivity index (χ4n) is 2.87. The highest BCUT2D eigenvalue weighted by molar-refractivity contribution is 6.31. The number of amides is 2. The first-order chi connectivity index (χ1) is 13.0. The Morgan fingerprint density at radius 3 is 2.57 bits per heavy atom. The molecule has 2 aromatic rings. The number of carbonyl (C=O) groups excluding carboxylic acids is 2. The van der Waals surface area contributed by atoms with E-state index >= 15 is 0 Å². The molecule has 148 valence electrons. The first-order valence-electron chi connectivity index (χ1n) is 8.25. The average molecular weight is 413 g/mol. The molecule has 3 rings (SSSR count). The molecular weight excluding hydrogens is 397 g/mol. The fourth-order valence-corrected chi connectivity index (χ4v) is 3.04. The maximum Gasteiger partial charge on any atom is 0.418 e. The number of para-hydroxylation sites is 1. The van der Waals surface area contributed by atoms with Crippen LogP contribution in [-0.4, -0.2) is 24.0 Å². The van der Waals surface area contributed by atoms with Crippen LogP contribution < -0.4 is 15.0 Å². The third kappa shape index (κ3) is 3.91. The summed E-state index contributed by atoms with van der Waals surface area (Å²) in [5.41, 5.74) is -2.33. The van der Waals surface area contributed by atoms with Gasteiger partial charge in [-0.25, -0.2) is 0 Å². The first kappa shape index (κ1) is 20.0. The van der Waals surface area contributed by atoms with Gasteiger partial charge in [0.2, 0.25) is 5.91 Å². The number of hydrogen-bond acceptors (Lipinski definition) is 3. The predicted octanol–water partition coefficient (Wildman–Crippen LogP) is 4.50. The summed E-state index contributed by atoms with van der Waals surface area (Å²) < 4.78 is 45.0. The van der Waals surface area contributed by atoms with Gasteiger partial charge in [-0.2, -0.15) is 13.2 Å². The van der Waals surface area contributed by atoms with E-state index in [1.54, 1.807) is 12.1 Å². The third-order valence-electron chi connectivity index (χ3n) is 4.15. The van der Waals surface area contributed by atoms with Gasteiger partial charge in [0.1, 0.15) is 12.3 Å². The summed E-state index contributed by atoms with van der Waals surface area (Å²) >= 11 is 5.98. The van der Waals surface area contributed by atoms with Crippen molar-refractivity contribution in [1.29, 1.82) is 0 Å². The van der Waals surface area contributed by atoms with Crippen molar-refractivity contribution in [1.82, 2.24) is 0 Å². The smallest absolute Gasteiger partial charge is 0.418 e. The number of benzene rings is 2. The van der Waals surface area contributed by atoms with E-state index in [0.717, 1.165) is 17.0 Å². The molecule has 1 aliphatic rings. The molecule has 1 N–H and O–H groups in total. The normalized spacial score (nSPS) is 15.6. The summed E-state index contributed by atoms with van der Waals surface area (Å²) in [6, 6.07) is 9.22. The second kappa shape index (κ2) is 7.01. The number of halogens is 4. The van der Waals surface area contributed by atoms with Gasteiger partial charge in [0.15, 0.2) is 5.60 Å². The number of alkyl halides is 3. The van der Waals surface area contributed by atoms with Crippen LogP contribution >= 0.6 is 11.6 Å². The lowest BCUT2D eigenvalue weighted by molar-refractivity contribution is -0.137. The summed E-state index contributed by atoms with van der Waals surface area (Å²) in [7, 11) is 0. The van der Waals surface area contributed by atoms with Crippen molar-refractivity contribution in [2.24, 2.45) is 0 Å². The highest BCUT2D eigenvalue weighted by Crippen LogP contribution is 2.39. The molecule has 0 aromatic heterocycles. The summed E-state index contributed by atoms with van der Waals surface area (Å²) in [6.45, 7) is 2.58. The Morgan fingerprint density at radius 2 is 1.89 bits per heavy atom. The van der Waals surface area contributed by atoms with Crippen LogP contribution in [0.15, 0.2) is 42.5 Å². The van der Waals surface area contributed by atoms with E-state index in [9.17, 15) is 22.8 Å². The molecule has 0 saturated carbocycles. The summed E-state index contributed by atoms with van der Waals surface area (Å²) in [4.78, 5) is 26.3. The van der Waals surface area contributed by atoms with Crippen LogP contribution in [-0.2, 0) is 15.8 Å². The zero-order chi connectivity index (χ0) is 20.7. The SMILES string of the molecule is CC1(C)Oc2ccc(Cl)cc2N(CC(=O)Nc2ccccc2C(F)(F)F)C1=O. The molecule has 2 amide bonds. The van der Waals surface area contributed by atoms with Crippen molar-refractivity contribution >= 4 is 34.8 Å². The van der Waals surface area contributed by atoms with E-state index in [1.807, 2.05) is 0 Å². The zero-order valence-electron chi connectivity index (χ0n) is 14.9. The maximum absolute atomic E-state index is 13.1. The largest absolute Gasteiger partial charge is 0.476 e. The summed E-state index contributed by atoms with van der Waals surface area (Å²) in [5, 5.41) is 2.55. The summed E-state index contributed by atoms with van der Waals surface area (Å²) in [6.07, 6.45) is -4.62. The molecule has 1 heterocycles. The fraction of sp³-hybridized carbons (Fsp3) is 0.263. The number of fused-ring (bicyclic) bond motifs is 1. The molecule has 0 bridgehead atoms. The van der Waals surface area contributed by atoms with E-state index in [2.05, 4.69) is 5.32 Å². The predicted molar refractivity (Wildman–Crippen MR) is 98.6 cm³/mol. The molecule has 2 aromatic carbocycles. The van der Waals surface area contributed by atoms with Gasteiger partial charge in [-0.15, -0.1) is 0 Å². The van der Waals surface area contributed by atoms with Crippen molar-refractivity contribution < 1.29 is 27.5 Å². The molecule has 5 nitrogen and oxygen atoms in total. The second-order valence-electron chi connectivity index (χ2n) is 6.71. The van der Waals surface area contributed by atoms with E-state index < -0.39 is 35.7 Å². The topological polar surface area (TPSA) is 58.6 Å². The average Bonchev–Trinajstić information content (AvgIpc) is 2.59. The number of rotatable bonds is 3. The van der Waals surface area contributed by atoms with Crippen molar-refractivity contribution in [3.63, 3.8) is 0 Å². The van der Waals surface area contributed by atoms with Gasteiger partial charge >= 0.3 is 6.18 Å². The molecule has 0 aliphatic carbocycles.